The fraction of sp³-hybridized carbons (Fsp3) is 0.308. The molecule has 0 N–H and O–H groups in total. The van der Waals surface area contributed by atoms with Crippen LogP contribution < -0.4 is 4.74 Å². The lowest BCUT2D eigenvalue weighted by Gasteiger charge is -2.08. The second-order valence-corrected chi connectivity index (χ2v) is 3.95. The summed E-state index contributed by atoms with van der Waals surface area (Å²) in [6, 6.07) is 5.54. The predicted molar refractivity (Wildman–Crippen MR) is 65.5 cm³/mol. The third-order valence-electron chi connectivity index (χ3n) is 2.97. The Morgan fingerprint density at radius 1 is 1.24 bits per heavy atom. The van der Waals surface area contributed by atoms with Gasteiger partial charge in [-0.15, -0.1) is 0 Å². The molecule has 0 spiro atoms. The van der Waals surface area contributed by atoms with Gasteiger partial charge in [-0.1, -0.05) is 0 Å². The van der Waals surface area contributed by atoms with Crippen LogP contribution in [-0.2, 0) is 11.8 Å². The first kappa shape index (κ1) is 11.5. The smallest absolute Gasteiger partial charge is 0.338 e. The summed E-state index contributed by atoms with van der Waals surface area (Å²) in [5.74, 6) is 0.324. The minimum absolute atomic E-state index is 0.355. The normalized spacial score (nSPS) is 10.6. The van der Waals surface area contributed by atoms with Crippen LogP contribution in [0, 0.1) is 6.92 Å². The number of fused-ring (bicyclic) bond motifs is 1. The molecule has 0 aliphatic heterocycles. The van der Waals surface area contributed by atoms with Crippen LogP contribution in [0.2, 0.25) is 0 Å². The molecule has 4 nitrogen and oxygen atoms in total. The third-order valence-corrected chi connectivity index (χ3v) is 2.97. The van der Waals surface area contributed by atoms with Crippen molar-refractivity contribution >= 4 is 16.9 Å². The van der Waals surface area contributed by atoms with Gasteiger partial charge in [0.05, 0.1) is 25.3 Å². The Labute approximate surface area is 99.7 Å². The molecule has 0 radical (unpaired) electrons. The van der Waals surface area contributed by atoms with Crippen molar-refractivity contribution in [1.29, 1.82) is 0 Å². The van der Waals surface area contributed by atoms with Crippen LogP contribution >= 0.6 is 0 Å². The molecule has 0 aliphatic rings. The average molecular weight is 233 g/mol. The van der Waals surface area contributed by atoms with Crippen molar-refractivity contribution in [2.45, 2.75) is 6.92 Å². The standard InChI is InChI=1S/C13H15NO3/c1-8-5-9-6-10(13(15)17-4)7-11(16-3)12(9)14(8)2/h5-7H,1-4H3. The minimum atomic E-state index is -0.355. The second kappa shape index (κ2) is 4.13. The molecular weight excluding hydrogens is 218 g/mol. The van der Waals surface area contributed by atoms with Crippen LogP contribution in [-0.4, -0.2) is 24.8 Å². The van der Waals surface area contributed by atoms with Crippen molar-refractivity contribution < 1.29 is 14.3 Å². The van der Waals surface area contributed by atoms with Gasteiger partial charge >= 0.3 is 5.97 Å². The molecule has 0 saturated heterocycles. The Morgan fingerprint density at radius 3 is 2.53 bits per heavy atom. The van der Waals surface area contributed by atoms with E-state index in [1.54, 1.807) is 13.2 Å². The summed E-state index contributed by atoms with van der Waals surface area (Å²) in [5.41, 5.74) is 2.60. The molecule has 0 bridgehead atoms. The number of methoxy groups -OCH3 is 2. The summed E-state index contributed by atoms with van der Waals surface area (Å²) in [7, 11) is 4.94. The van der Waals surface area contributed by atoms with E-state index in [4.69, 9.17) is 9.47 Å². The average Bonchev–Trinajstić information content (AvgIpc) is 2.63. The minimum Gasteiger partial charge on any atom is -0.495 e. The maximum atomic E-state index is 11.5. The van der Waals surface area contributed by atoms with Crippen LogP contribution in [0.25, 0.3) is 10.9 Å². The van der Waals surface area contributed by atoms with Gasteiger partial charge in [0.1, 0.15) is 5.75 Å². The Bertz CT molecular complexity index is 584. The molecule has 0 unspecified atom stereocenters. The first-order valence-corrected chi connectivity index (χ1v) is 5.31. The molecule has 17 heavy (non-hydrogen) atoms. The summed E-state index contributed by atoms with van der Waals surface area (Å²) in [5, 5.41) is 0.977. The molecular formula is C13H15NO3. The number of aromatic nitrogens is 1. The van der Waals surface area contributed by atoms with E-state index in [-0.39, 0.29) is 5.97 Å². The van der Waals surface area contributed by atoms with Gasteiger partial charge < -0.3 is 14.0 Å². The SMILES string of the molecule is COC(=O)c1cc(OC)c2c(c1)cc(C)n2C. The molecule has 4 heteroatoms. The zero-order valence-electron chi connectivity index (χ0n) is 10.4. The van der Waals surface area contributed by atoms with E-state index in [1.807, 2.05) is 30.7 Å². The molecule has 0 amide bonds. The van der Waals surface area contributed by atoms with Gasteiger partial charge in [0, 0.05) is 18.1 Å². The van der Waals surface area contributed by atoms with Crippen LogP contribution in [0.1, 0.15) is 16.1 Å². The Balaban J connectivity index is 2.75. The predicted octanol–water partition coefficient (Wildman–Crippen LogP) is 2.28. The molecule has 90 valence electrons. The van der Waals surface area contributed by atoms with E-state index in [2.05, 4.69) is 0 Å². The Morgan fingerprint density at radius 2 is 1.94 bits per heavy atom. The van der Waals surface area contributed by atoms with Gasteiger partial charge in [0.25, 0.3) is 0 Å². The zero-order chi connectivity index (χ0) is 12.6. The van der Waals surface area contributed by atoms with E-state index < -0.39 is 0 Å². The van der Waals surface area contributed by atoms with Gasteiger partial charge in [-0.25, -0.2) is 4.79 Å². The molecule has 0 saturated carbocycles. The number of benzene rings is 1. The maximum absolute atomic E-state index is 11.5. The highest BCUT2D eigenvalue weighted by Gasteiger charge is 2.14. The number of hydrogen-bond donors (Lipinski definition) is 0. The van der Waals surface area contributed by atoms with Gasteiger partial charge in [-0.05, 0) is 25.1 Å². The maximum Gasteiger partial charge on any atom is 0.338 e. The first-order valence-electron chi connectivity index (χ1n) is 5.31. The number of hydrogen-bond acceptors (Lipinski definition) is 3. The Hall–Kier alpha value is -1.97. The summed E-state index contributed by atoms with van der Waals surface area (Å²) in [6.07, 6.45) is 0. The van der Waals surface area contributed by atoms with Crippen molar-refractivity contribution in [3.05, 3.63) is 29.5 Å². The number of esters is 1. The summed E-state index contributed by atoms with van der Waals surface area (Å²) >= 11 is 0. The van der Waals surface area contributed by atoms with Crippen LogP contribution in [0.3, 0.4) is 0 Å². The molecule has 1 aromatic heterocycles. The molecule has 2 aromatic rings. The molecule has 1 heterocycles. The van der Waals surface area contributed by atoms with Crippen molar-refractivity contribution in [3.63, 3.8) is 0 Å². The Kier molecular flexibility index (Phi) is 2.79. The van der Waals surface area contributed by atoms with Gasteiger partial charge in [0.2, 0.25) is 0 Å². The van der Waals surface area contributed by atoms with E-state index in [9.17, 15) is 4.79 Å². The van der Waals surface area contributed by atoms with E-state index in [0.717, 1.165) is 16.6 Å². The van der Waals surface area contributed by atoms with Crippen molar-refractivity contribution in [3.8, 4) is 5.75 Å². The summed E-state index contributed by atoms with van der Waals surface area (Å²) in [6.45, 7) is 2.01. The monoisotopic (exact) mass is 233 g/mol. The van der Waals surface area contributed by atoms with Gasteiger partial charge in [-0.3, -0.25) is 0 Å². The summed E-state index contributed by atoms with van der Waals surface area (Å²) < 4.78 is 12.1. The fourth-order valence-electron chi connectivity index (χ4n) is 1.99. The number of rotatable bonds is 2. The van der Waals surface area contributed by atoms with E-state index in [1.165, 1.54) is 7.11 Å². The van der Waals surface area contributed by atoms with Crippen molar-refractivity contribution in [2.75, 3.05) is 14.2 Å². The van der Waals surface area contributed by atoms with Gasteiger partial charge in [-0.2, -0.15) is 0 Å². The van der Waals surface area contributed by atoms with Crippen LogP contribution in [0.5, 0.6) is 5.75 Å². The molecule has 0 aliphatic carbocycles. The number of carbonyl (C=O) groups is 1. The van der Waals surface area contributed by atoms with E-state index >= 15 is 0 Å². The lowest BCUT2D eigenvalue weighted by Crippen LogP contribution is -2.02. The lowest BCUT2D eigenvalue weighted by molar-refractivity contribution is 0.0600. The number of aryl methyl sites for hydroxylation is 2. The highest BCUT2D eigenvalue weighted by molar-refractivity contribution is 5.97. The van der Waals surface area contributed by atoms with Crippen molar-refractivity contribution in [1.82, 2.24) is 4.57 Å². The van der Waals surface area contributed by atoms with Crippen LogP contribution in [0.15, 0.2) is 18.2 Å². The fourth-order valence-corrected chi connectivity index (χ4v) is 1.99. The highest BCUT2D eigenvalue weighted by atomic mass is 16.5. The lowest BCUT2D eigenvalue weighted by atomic mass is 10.1. The molecule has 2 rings (SSSR count). The number of carbonyl (C=O) groups excluding carboxylic acids is 1. The quantitative estimate of drug-likeness (QED) is 0.747. The second-order valence-electron chi connectivity index (χ2n) is 3.95. The van der Waals surface area contributed by atoms with Crippen molar-refractivity contribution in [2.24, 2.45) is 7.05 Å². The zero-order valence-corrected chi connectivity index (χ0v) is 10.4. The molecule has 0 atom stereocenters. The molecule has 0 fully saturated rings. The third kappa shape index (κ3) is 1.75. The highest BCUT2D eigenvalue weighted by Crippen LogP contribution is 2.29. The summed E-state index contributed by atoms with van der Waals surface area (Å²) in [4.78, 5) is 11.5. The first-order chi connectivity index (χ1) is 8.08. The van der Waals surface area contributed by atoms with Crippen LogP contribution in [0.4, 0.5) is 0 Å². The van der Waals surface area contributed by atoms with Gasteiger partial charge in [0.15, 0.2) is 0 Å². The molecule has 1 aromatic carbocycles. The topological polar surface area (TPSA) is 40.5 Å². The van der Waals surface area contributed by atoms with E-state index in [0.29, 0.717) is 11.3 Å². The number of nitrogens with zero attached hydrogens (tertiary/aromatic N) is 1. The largest absolute Gasteiger partial charge is 0.495 e. The number of ether oxygens (including phenoxy) is 2.